The molecule has 0 aromatic carbocycles. The molecule has 20 heavy (non-hydrogen) atoms. The van der Waals surface area contributed by atoms with Gasteiger partial charge >= 0.3 is 0 Å². The second-order valence-corrected chi connectivity index (χ2v) is 6.09. The predicted molar refractivity (Wildman–Crippen MR) is 79.2 cm³/mol. The van der Waals surface area contributed by atoms with E-state index < -0.39 is 5.67 Å². The van der Waals surface area contributed by atoms with E-state index in [0.717, 1.165) is 25.2 Å². The first-order valence-electron chi connectivity index (χ1n) is 7.76. The minimum absolute atomic E-state index is 0.589. The molecule has 3 heteroatoms. The first kappa shape index (κ1) is 13.7. The van der Waals surface area contributed by atoms with E-state index in [1.165, 1.54) is 25.7 Å². The standard InChI is InChI=1S/C17H23FN2/c18-17(16-7-4-10-19-13-16)8-11-20(12-9-17)14-15-5-2-1-3-6-15/h4-5,7,10,13H,1-3,6,8-9,11-12,14H2. The number of allylic oxidation sites excluding steroid dienone is 1. The Labute approximate surface area is 120 Å². The second-order valence-electron chi connectivity index (χ2n) is 6.09. The summed E-state index contributed by atoms with van der Waals surface area (Å²) < 4.78 is 15.0. The zero-order valence-corrected chi connectivity index (χ0v) is 12.0. The van der Waals surface area contributed by atoms with Crippen molar-refractivity contribution < 1.29 is 4.39 Å². The highest BCUT2D eigenvalue weighted by Crippen LogP contribution is 2.36. The number of hydrogen-bond acceptors (Lipinski definition) is 2. The van der Waals surface area contributed by atoms with Crippen molar-refractivity contribution in [2.75, 3.05) is 19.6 Å². The highest BCUT2D eigenvalue weighted by atomic mass is 19.1. The van der Waals surface area contributed by atoms with E-state index in [-0.39, 0.29) is 0 Å². The van der Waals surface area contributed by atoms with Crippen LogP contribution in [0.3, 0.4) is 0 Å². The molecule has 2 nitrogen and oxygen atoms in total. The summed E-state index contributed by atoms with van der Waals surface area (Å²) in [7, 11) is 0. The van der Waals surface area contributed by atoms with Crippen LogP contribution in [0.15, 0.2) is 36.2 Å². The largest absolute Gasteiger partial charge is 0.299 e. The normalized spacial score (nSPS) is 23.4. The Balaban J connectivity index is 1.58. The third-order valence-electron chi connectivity index (χ3n) is 4.64. The topological polar surface area (TPSA) is 16.1 Å². The summed E-state index contributed by atoms with van der Waals surface area (Å²) in [4.78, 5) is 6.46. The molecular weight excluding hydrogens is 251 g/mol. The number of rotatable bonds is 3. The van der Waals surface area contributed by atoms with Gasteiger partial charge in [0.15, 0.2) is 0 Å². The van der Waals surface area contributed by atoms with Crippen LogP contribution in [0, 0.1) is 0 Å². The molecule has 2 heterocycles. The molecule has 1 fully saturated rings. The Morgan fingerprint density at radius 2 is 2.10 bits per heavy atom. The summed E-state index contributed by atoms with van der Waals surface area (Å²) in [5.74, 6) is 0. The number of nitrogens with zero attached hydrogens (tertiary/aromatic N) is 2. The van der Waals surface area contributed by atoms with E-state index in [2.05, 4.69) is 16.0 Å². The number of hydrogen-bond donors (Lipinski definition) is 0. The lowest BCUT2D eigenvalue weighted by atomic mass is 9.86. The average molecular weight is 274 g/mol. The van der Waals surface area contributed by atoms with Crippen molar-refractivity contribution in [3.05, 3.63) is 41.7 Å². The van der Waals surface area contributed by atoms with Crippen LogP contribution in [-0.4, -0.2) is 29.5 Å². The van der Waals surface area contributed by atoms with Gasteiger partial charge in [-0.15, -0.1) is 0 Å². The quantitative estimate of drug-likeness (QED) is 0.778. The molecule has 0 unspecified atom stereocenters. The minimum atomic E-state index is -1.17. The Hall–Kier alpha value is -1.22. The smallest absolute Gasteiger partial charge is 0.139 e. The number of pyridine rings is 1. The lowest BCUT2D eigenvalue weighted by Crippen LogP contribution is -2.41. The van der Waals surface area contributed by atoms with Crippen molar-refractivity contribution in [1.82, 2.24) is 9.88 Å². The summed E-state index contributed by atoms with van der Waals surface area (Å²) in [6, 6.07) is 3.70. The summed E-state index contributed by atoms with van der Waals surface area (Å²) in [5.41, 5.74) is 1.13. The van der Waals surface area contributed by atoms with Crippen LogP contribution < -0.4 is 0 Å². The molecule has 0 spiro atoms. The lowest BCUT2D eigenvalue weighted by Gasteiger charge is -2.37. The van der Waals surface area contributed by atoms with Gasteiger partial charge in [-0.3, -0.25) is 9.88 Å². The molecule has 1 saturated heterocycles. The van der Waals surface area contributed by atoms with Gasteiger partial charge in [0.05, 0.1) is 0 Å². The minimum Gasteiger partial charge on any atom is -0.299 e. The molecule has 0 radical (unpaired) electrons. The molecule has 0 bridgehead atoms. The Morgan fingerprint density at radius 3 is 2.75 bits per heavy atom. The van der Waals surface area contributed by atoms with Crippen molar-refractivity contribution in [2.24, 2.45) is 0 Å². The first-order valence-corrected chi connectivity index (χ1v) is 7.76. The van der Waals surface area contributed by atoms with Gasteiger partial charge in [-0.25, -0.2) is 4.39 Å². The van der Waals surface area contributed by atoms with Gasteiger partial charge in [0.1, 0.15) is 5.67 Å². The van der Waals surface area contributed by atoms with E-state index in [0.29, 0.717) is 12.8 Å². The van der Waals surface area contributed by atoms with E-state index in [4.69, 9.17) is 0 Å². The molecule has 108 valence electrons. The fourth-order valence-electron chi connectivity index (χ4n) is 3.32. The maximum Gasteiger partial charge on any atom is 0.139 e. The highest BCUT2D eigenvalue weighted by Gasteiger charge is 2.36. The van der Waals surface area contributed by atoms with Crippen molar-refractivity contribution >= 4 is 0 Å². The second kappa shape index (κ2) is 6.04. The number of piperidine rings is 1. The maximum absolute atomic E-state index is 15.0. The Kier molecular flexibility index (Phi) is 4.16. The van der Waals surface area contributed by atoms with Crippen LogP contribution >= 0.6 is 0 Å². The fraction of sp³-hybridized carbons (Fsp3) is 0.588. The SMILES string of the molecule is FC1(c2cccnc2)CCN(CC2=CCCCC2)CC1. The van der Waals surface area contributed by atoms with Crippen LogP contribution in [0.4, 0.5) is 4.39 Å². The maximum atomic E-state index is 15.0. The van der Waals surface area contributed by atoms with E-state index in [1.54, 1.807) is 18.0 Å². The van der Waals surface area contributed by atoms with Crippen LogP contribution in [-0.2, 0) is 5.67 Å². The number of halogens is 1. The molecule has 1 aliphatic carbocycles. The van der Waals surface area contributed by atoms with Gasteiger partial charge in [0.2, 0.25) is 0 Å². The van der Waals surface area contributed by atoms with Crippen LogP contribution in [0.25, 0.3) is 0 Å². The predicted octanol–water partition coefficient (Wildman–Crippen LogP) is 3.84. The lowest BCUT2D eigenvalue weighted by molar-refractivity contribution is 0.0593. The molecule has 0 atom stereocenters. The van der Waals surface area contributed by atoms with Gasteiger partial charge in [-0.1, -0.05) is 17.7 Å². The monoisotopic (exact) mass is 274 g/mol. The van der Waals surface area contributed by atoms with Gasteiger partial charge in [0, 0.05) is 37.6 Å². The van der Waals surface area contributed by atoms with E-state index in [9.17, 15) is 4.39 Å². The molecule has 0 saturated carbocycles. The van der Waals surface area contributed by atoms with Crippen molar-refractivity contribution in [2.45, 2.75) is 44.2 Å². The van der Waals surface area contributed by atoms with Gasteiger partial charge in [0.25, 0.3) is 0 Å². The molecule has 1 aromatic heterocycles. The number of aromatic nitrogens is 1. The Bertz CT molecular complexity index is 461. The third-order valence-corrected chi connectivity index (χ3v) is 4.64. The van der Waals surface area contributed by atoms with Gasteiger partial charge in [-0.05, 0) is 44.6 Å². The molecular formula is C17H23FN2. The molecule has 0 amide bonds. The highest BCUT2D eigenvalue weighted by molar-refractivity contribution is 5.19. The Morgan fingerprint density at radius 1 is 1.25 bits per heavy atom. The van der Waals surface area contributed by atoms with Crippen molar-refractivity contribution in [1.29, 1.82) is 0 Å². The summed E-state index contributed by atoms with van der Waals surface area (Å²) in [6.45, 7) is 2.74. The van der Waals surface area contributed by atoms with E-state index >= 15 is 0 Å². The van der Waals surface area contributed by atoms with Crippen molar-refractivity contribution in [3.63, 3.8) is 0 Å². The molecule has 0 N–H and O–H groups in total. The number of likely N-dealkylation sites (tertiary alicyclic amines) is 1. The molecule has 1 aromatic rings. The van der Waals surface area contributed by atoms with Crippen molar-refractivity contribution in [3.8, 4) is 0 Å². The average Bonchev–Trinajstić information content (AvgIpc) is 2.52. The molecule has 2 aliphatic rings. The summed E-state index contributed by atoms with van der Waals surface area (Å²) in [5, 5.41) is 0. The number of alkyl halides is 1. The molecule has 3 rings (SSSR count). The first-order chi connectivity index (χ1) is 9.76. The zero-order chi connectivity index (χ0) is 13.8. The van der Waals surface area contributed by atoms with E-state index in [1.807, 2.05) is 12.1 Å². The molecule has 1 aliphatic heterocycles. The fourth-order valence-corrected chi connectivity index (χ4v) is 3.32. The van der Waals surface area contributed by atoms with Crippen LogP contribution in [0.2, 0.25) is 0 Å². The summed E-state index contributed by atoms with van der Waals surface area (Å²) in [6.07, 6.45) is 12.1. The van der Waals surface area contributed by atoms with Gasteiger partial charge < -0.3 is 0 Å². The summed E-state index contributed by atoms with van der Waals surface area (Å²) >= 11 is 0. The van der Waals surface area contributed by atoms with Crippen LogP contribution in [0.5, 0.6) is 0 Å². The van der Waals surface area contributed by atoms with Crippen LogP contribution in [0.1, 0.15) is 44.1 Å². The van der Waals surface area contributed by atoms with Gasteiger partial charge in [-0.2, -0.15) is 0 Å². The third kappa shape index (κ3) is 3.09. The zero-order valence-electron chi connectivity index (χ0n) is 12.0.